The molecule has 0 aromatic heterocycles. The van der Waals surface area contributed by atoms with Gasteiger partial charge in [-0.2, -0.15) is 0 Å². The molecule has 0 atom stereocenters. The minimum absolute atomic E-state index is 0.497. The Kier molecular flexibility index (Phi) is 7.26. The summed E-state index contributed by atoms with van der Waals surface area (Å²) in [4.78, 5) is 0. The average Bonchev–Trinajstić information content (AvgIpc) is 2.63. The SMILES string of the molecule is Cc1ccc(Cl)cc1NCc1cc(Br)cc(Br)c1OCc1ccc(Br)cc1. The van der Waals surface area contributed by atoms with E-state index in [0.29, 0.717) is 18.2 Å². The zero-order valence-electron chi connectivity index (χ0n) is 14.5. The lowest BCUT2D eigenvalue weighted by atomic mass is 10.1. The van der Waals surface area contributed by atoms with Crippen LogP contribution in [-0.2, 0) is 13.2 Å². The lowest BCUT2D eigenvalue weighted by molar-refractivity contribution is 0.301. The highest BCUT2D eigenvalue weighted by molar-refractivity contribution is 9.11. The predicted octanol–water partition coefficient (Wildman–Crippen LogP) is 8.13. The number of hydrogen-bond donors (Lipinski definition) is 1. The molecule has 3 aromatic rings. The fraction of sp³-hybridized carbons (Fsp3) is 0.143. The zero-order chi connectivity index (χ0) is 19.4. The molecule has 0 aliphatic rings. The van der Waals surface area contributed by atoms with Crippen molar-refractivity contribution in [1.29, 1.82) is 0 Å². The minimum atomic E-state index is 0.497. The highest BCUT2D eigenvalue weighted by Crippen LogP contribution is 2.34. The summed E-state index contributed by atoms with van der Waals surface area (Å²) >= 11 is 16.8. The molecule has 0 radical (unpaired) electrons. The van der Waals surface area contributed by atoms with E-state index in [1.165, 1.54) is 0 Å². The summed E-state index contributed by atoms with van der Waals surface area (Å²) in [6.45, 7) is 3.17. The van der Waals surface area contributed by atoms with Gasteiger partial charge in [0.2, 0.25) is 0 Å². The Bertz CT molecular complexity index is 945. The third-order valence-electron chi connectivity index (χ3n) is 4.05. The van der Waals surface area contributed by atoms with Gasteiger partial charge in [0.05, 0.1) is 4.47 Å². The standard InChI is InChI=1S/C21H17Br3ClNO/c1-13-2-7-18(25)10-20(13)26-11-15-8-17(23)9-19(24)21(15)27-12-14-3-5-16(22)6-4-14/h2-10,26H,11-12H2,1H3. The lowest BCUT2D eigenvalue weighted by Gasteiger charge is -2.16. The fourth-order valence-electron chi connectivity index (χ4n) is 2.62. The summed E-state index contributed by atoms with van der Waals surface area (Å²) in [6, 6.07) is 18.0. The normalized spacial score (nSPS) is 10.7. The Balaban J connectivity index is 1.79. The summed E-state index contributed by atoms with van der Waals surface area (Å²) in [5, 5.41) is 4.17. The highest BCUT2D eigenvalue weighted by Gasteiger charge is 2.12. The summed E-state index contributed by atoms with van der Waals surface area (Å²) in [6.07, 6.45) is 0. The second kappa shape index (κ2) is 9.46. The quantitative estimate of drug-likeness (QED) is 0.321. The van der Waals surface area contributed by atoms with E-state index < -0.39 is 0 Å². The van der Waals surface area contributed by atoms with E-state index in [0.717, 1.165) is 41.5 Å². The molecule has 0 saturated carbocycles. The summed E-state index contributed by atoms with van der Waals surface area (Å²) in [5.74, 6) is 0.827. The molecule has 0 fully saturated rings. The Morgan fingerprint density at radius 2 is 1.67 bits per heavy atom. The maximum absolute atomic E-state index is 6.14. The molecular formula is C21H17Br3ClNO. The Labute approximate surface area is 189 Å². The van der Waals surface area contributed by atoms with Gasteiger partial charge in [-0.3, -0.25) is 0 Å². The molecule has 0 heterocycles. The van der Waals surface area contributed by atoms with E-state index in [1.807, 2.05) is 48.5 Å². The lowest BCUT2D eigenvalue weighted by Crippen LogP contribution is -2.05. The van der Waals surface area contributed by atoms with Crippen molar-refractivity contribution in [3.63, 3.8) is 0 Å². The van der Waals surface area contributed by atoms with E-state index in [2.05, 4.69) is 66.1 Å². The van der Waals surface area contributed by atoms with Crippen LogP contribution in [0.1, 0.15) is 16.7 Å². The summed E-state index contributed by atoms with van der Waals surface area (Å²) in [7, 11) is 0. The molecule has 6 heteroatoms. The topological polar surface area (TPSA) is 21.3 Å². The predicted molar refractivity (Wildman–Crippen MR) is 124 cm³/mol. The van der Waals surface area contributed by atoms with E-state index in [1.54, 1.807) is 0 Å². The van der Waals surface area contributed by atoms with Gasteiger partial charge in [-0.25, -0.2) is 0 Å². The first-order chi connectivity index (χ1) is 12.9. The van der Waals surface area contributed by atoms with Crippen molar-refractivity contribution in [2.24, 2.45) is 0 Å². The van der Waals surface area contributed by atoms with Crippen molar-refractivity contribution in [3.8, 4) is 5.75 Å². The molecule has 0 amide bonds. The van der Waals surface area contributed by atoms with Gasteiger partial charge in [0.15, 0.2) is 0 Å². The second-order valence-electron chi connectivity index (χ2n) is 6.10. The average molecular weight is 575 g/mol. The van der Waals surface area contributed by atoms with Crippen LogP contribution in [0.4, 0.5) is 5.69 Å². The minimum Gasteiger partial charge on any atom is -0.487 e. The Morgan fingerprint density at radius 1 is 0.926 bits per heavy atom. The molecule has 3 rings (SSSR count). The van der Waals surface area contributed by atoms with Gasteiger partial charge in [0.25, 0.3) is 0 Å². The highest BCUT2D eigenvalue weighted by atomic mass is 79.9. The summed E-state index contributed by atoms with van der Waals surface area (Å²) < 4.78 is 9.10. The molecule has 0 unspecified atom stereocenters. The smallest absolute Gasteiger partial charge is 0.139 e. The molecule has 140 valence electrons. The van der Waals surface area contributed by atoms with Gasteiger partial charge >= 0.3 is 0 Å². The fourth-order valence-corrected chi connectivity index (χ4v) is 4.48. The largest absolute Gasteiger partial charge is 0.487 e. The molecule has 0 aliphatic carbocycles. The number of ether oxygens (including phenoxy) is 1. The number of aryl methyl sites for hydroxylation is 1. The molecule has 1 N–H and O–H groups in total. The van der Waals surface area contributed by atoms with Gasteiger partial charge < -0.3 is 10.1 Å². The monoisotopic (exact) mass is 571 g/mol. The number of halogens is 4. The van der Waals surface area contributed by atoms with Gasteiger partial charge in [-0.05, 0) is 70.4 Å². The van der Waals surface area contributed by atoms with Crippen LogP contribution in [-0.4, -0.2) is 0 Å². The number of rotatable bonds is 6. The van der Waals surface area contributed by atoms with Crippen molar-refractivity contribution in [2.45, 2.75) is 20.1 Å². The third-order valence-corrected chi connectivity index (χ3v) is 5.86. The van der Waals surface area contributed by atoms with Gasteiger partial charge in [-0.1, -0.05) is 61.7 Å². The summed E-state index contributed by atoms with van der Waals surface area (Å²) in [5.41, 5.74) is 4.31. The van der Waals surface area contributed by atoms with E-state index >= 15 is 0 Å². The number of nitrogens with one attached hydrogen (secondary N) is 1. The third kappa shape index (κ3) is 5.74. The zero-order valence-corrected chi connectivity index (χ0v) is 20.0. The molecule has 3 aromatic carbocycles. The van der Waals surface area contributed by atoms with Crippen LogP contribution in [0.3, 0.4) is 0 Å². The van der Waals surface area contributed by atoms with E-state index in [4.69, 9.17) is 16.3 Å². The van der Waals surface area contributed by atoms with Crippen LogP contribution in [0.15, 0.2) is 68.0 Å². The van der Waals surface area contributed by atoms with Crippen LogP contribution in [0.5, 0.6) is 5.75 Å². The van der Waals surface area contributed by atoms with Crippen LogP contribution in [0, 0.1) is 6.92 Å². The molecule has 0 aliphatic heterocycles. The van der Waals surface area contributed by atoms with Crippen molar-refractivity contribution >= 4 is 65.1 Å². The maximum atomic E-state index is 6.14. The first-order valence-corrected chi connectivity index (χ1v) is 11.0. The Hall–Kier alpha value is -1.01. The van der Waals surface area contributed by atoms with Gasteiger partial charge in [0, 0.05) is 31.8 Å². The second-order valence-corrected chi connectivity index (χ2v) is 9.23. The molecule has 0 bridgehead atoms. The van der Waals surface area contributed by atoms with Crippen molar-refractivity contribution in [3.05, 3.63) is 89.7 Å². The van der Waals surface area contributed by atoms with Crippen LogP contribution >= 0.6 is 59.4 Å². The molecule has 2 nitrogen and oxygen atoms in total. The molecule has 27 heavy (non-hydrogen) atoms. The Morgan fingerprint density at radius 3 is 2.41 bits per heavy atom. The van der Waals surface area contributed by atoms with E-state index in [-0.39, 0.29) is 0 Å². The molecule has 0 saturated heterocycles. The maximum Gasteiger partial charge on any atom is 0.139 e. The van der Waals surface area contributed by atoms with Gasteiger partial charge in [-0.15, -0.1) is 0 Å². The van der Waals surface area contributed by atoms with Crippen molar-refractivity contribution in [2.75, 3.05) is 5.32 Å². The molecule has 0 spiro atoms. The van der Waals surface area contributed by atoms with E-state index in [9.17, 15) is 0 Å². The van der Waals surface area contributed by atoms with Crippen molar-refractivity contribution < 1.29 is 4.74 Å². The van der Waals surface area contributed by atoms with Crippen LogP contribution < -0.4 is 10.1 Å². The van der Waals surface area contributed by atoms with Crippen LogP contribution in [0.25, 0.3) is 0 Å². The first kappa shape index (κ1) is 20.7. The first-order valence-electron chi connectivity index (χ1n) is 8.27. The van der Waals surface area contributed by atoms with Crippen molar-refractivity contribution in [1.82, 2.24) is 0 Å². The van der Waals surface area contributed by atoms with Crippen LogP contribution in [0.2, 0.25) is 5.02 Å². The molecular weight excluding hydrogens is 557 g/mol. The number of anilines is 1. The number of benzene rings is 3. The van der Waals surface area contributed by atoms with Gasteiger partial charge in [0.1, 0.15) is 12.4 Å². The number of hydrogen-bond acceptors (Lipinski definition) is 2.